The maximum Gasteiger partial charge on any atom is 0.289 e. The standard InChI is InChI=1S/C18H24N2O4/c21-12-15-6-7-20(10-14-4-2-1-3-5-14)11-16(15)19-18(22)17-13-23-8-9-24-17/h1-5,13,15-16,21H,6-12H2,(H,19,22)/t15-,16-/m1/s1. The van der Waals surface area contributed by atoms with Crippen LogP contribution >= 0.6 is 0 Å². The second kappa shape index (κ2) is 8.17. The van der Waals surface area contributed by atoms with Crippen LogP contribution in [0.25, 0.3) is 0 Å². The van der Waals surface area contributed by atoms with Crippen LogP contribution in [-0.4, -0.2) is 54.9 Å². The zero-order valence-electron chi connectivity index (χ0n) is 13.7. The summed E-state index contributed by atoms with van der Waals surface area (Å²) in [4.78, 5) is 14.6. The van der Waals surface area contributed by atoms with E-state index in [2.05, 4.69) is 22.3 Å². The SMILES string of the molecule is O=C(N[C@@H]1CN(Cc2ccccc2)CC[C@@H]1CO)C1=COCCO1. The summed E-state index contributed by atoms with van der Waals surface area (Å²) in [7, 11) is 0. The van der Waals surface area contributed by atoms with Crippen LogP contribution in [0, 0.1) is 5.92 Å². The van der Waals surface area contributed by atoms with Crippen LogP contribution in [0.15, 0.2) is 42.4 Å². The van der Waals surface area contributed by atoms with Gasteiger partial charge in [0.25, 0.3) is 5.91 Å². The summed E-state index contributed by atoms with van der Waals surface area (Å²) in [6, 6.07) is 10.2. The maximum atomic E-state index is 12.3. The molecule has 24 heavy (non-hydrogen) atoms. The topological polar surface area (TPSA) is 71.0 Å². The van der Waals surface area contributed by atoms with E-state index < -0.39 is 0 Å². The molecule has 2 heterocycles. The van der Waals surface area contributed by atoms with Crippen LogP contribution in [0.3, 0.4) is 0 Å². The predicted molar refractivity (Wildman–Crippen MR) is 88.8 cm³/mol. The fourth-order valence-electron chi connectivity index (χ4n) is 3.16. The van der Waals surface area contributed by atoms with Crippen molar-refractivity contribution in [1.29, 1.82) is 0 Å². The minimum atomic E-state index is -0.278. The van der Waals surface area contributed by atoms with Crippen molar-refractivity contribution in [2.24, 2.45) is 5.92 Å². The highest BCUT2D eigenvalue weighted by Crippen LogP contribution is 2.20. The number of nitrogens with one attached hydrogen (secondary N) is 1. The molecule has 3 rings (SSSR count). The van der Waals surface area contributed by atoms with E-state index in [0.29, 0.717) is 19.8 Å². The molecule has 130 valence electrons. The van der Waals surface area contributed by atoms with E-state index in [1.807, 2.05) is 18.2 Å². The molecule has 2 N–H and O–H groups in total. The Labute approximate surface area is 142 Å². The Morgan fingerprint density at radius 2 is 2.12 bits per heavy atom. The lowest BCUT2D eigenvalue weighted by Gasteiger charge is -2.38. The molecule has 2 aliphatic rings. The van der Waals surface area contributed by atoms with Gasteiger partial charge in [0.2, 0.25) is 5.76 Å². The first-order valence-corrected chi connectivity index (χ1v) is 8.39. The van der Waals surface area contributed by atoms with Crippen molar-refractivity contribution in [3.63, 3.8) is 0 Å². The fourth-order valence-corrected chi connectivity index (χ4v) is 3.16. The largest absolute Gasteiger partial charge is 0.494 e. The zero-order valence-corrected chi connectivity index (χ0v) is 13.7. The average Bonchev–Trinajstić information content (AvgIpc) is 2.63. The quantitative estimate of drug-likeness (QED) is 0.837. The average molecular weight is 332 g/mol. The molecule has 6 nitrogen and oxygen atoms in total. The summed E-state index contributed by atoms with van der Waals surface area (Å²) in [5.74, 6) is -0.0103. The summed E-state index contributed by atoms with van der Waals surface area (Å²) in [6.07, 6.45) is 2.21. The lowest BCUT2D eigenvalue weighted by atomic mass is 9.92. The molecular formula is C18H24N2O4. The Hall–Kier alpha value is -2.05. The molecule has 1 amide bonds. The molecule has 0 saturated carbocycles. The van der Waals surface area contributed by atoms with Gasteiger partial charge >= 0.3 is 0 Å². The van der Waals surface area contributed by atoms with Crippen molar-refractivity contribution in [3.05, 3.63) is 47.9 Å². The number of aliphatic hydroxyl groups excluding tert-OH is 1. The first kappa shape index (κ1) is 16.8. The van der Waals surface area contributed by atoms with Crippen LogP contribution in [-0.2, 0) is 20.8 Å². The van der Waals surface area contributed by atoms with Crippen LogP contribution in [0.2, 0.25) is 0 Å². The van der Waals surface area contributed by atoms with Gasteiger partial charge in [-0.25, -0.2) is 0 Å². The lowest BCUT2D eigenvalue weighted by Crippen LogP contribution is -2.53. The number of likely N-dealkylation sites (tertiary alicyclic amines) is 1. The van der Waals surface area contributed by atoms with E-state index in [1.165, 1.54) is 11.8 Å². The smallest absolute Gasteiger partial charge is 0.289 e. The van der Waals surface area contributed by atoms with E-state index in [9.17, 15) is 9.90 Å². The fraction of sp³-hybridized carbons (Fsp3) is 0.500. The summed E-state index contributed by atoms with van der Waals surface area (Å²) in [5.41, 5.74) is 1.25. The Kier molecular flexibility index (Phi) is 5.72. The molecule has 1 aromatic rings. The molecular weight excluding hydrogens is 308 g/mol. The van der Waals surface area contributed by atoms with Crippen molar-refractivity contribution in [2.45, 2.75) is 19.0 Å². The third-order valence-corrected chi connectivity index (χ3v) is 4.51. The van der Waals surface area contributed by atoms with Gasteiger partial charge in [-0.15, -0.1) is 0 Å². The van der Waals surface area contributed by atoms with Crippen molar-refractivity contribution in [2.75, 3.05) is 32.9 Å². The molecule has 2 atom stereocenters. The van der Waals surface area contributed by atoms with Crippen molar-refractivity contribution < 1.29 is 19.4 Å². The van der Waals surface area contributed by atoms with E-state index >= 15 is 0 Å². The Morgan fingerprint density at radius 1 is 1.29 bits per heavy atom. The summed E-state index contributed by atoms with van der Waals surface area (Å²) in [5, 5.41) is 12.6. The van der Waals surface area contributed by atoms with Crippen molar-refractivity contribution in [1.82, 2.24) is 10.2 Å². The van der Waals surface area contributed by atoms with Gasteiger partial charge in [0.15, 0.2) is 0 Å². The molecule has 0 bridgehead atoms. The first-order valence-electron chi connectivity index (χ1n) is 8.39. The normalized spacial score (nSPS) is 24.5. The zero-order chi connectivity index (χ0) is 16.8. The van der Waals surface area contributed by atoms with E-state index in [-0.39, 0.29) is 30.2 Å². The second-order valence-corrected chi connectivity index (χ2v) is 6.23. The number of hydrogen-bond donors (Lipinski definition) is 2. The minimum Gasteiger partial charge on any atom is -0.494 e. The molecule has 0 aromatic heterocycles. The maximum absolute atomic E-state index is 12.3. The summed E-state index contributed by atoms with van der Waals surface area (Å²) >= 11 is 0. The van der Waals surface area contributed by atoms with Gasteiger partial charge in [0, 0.05) is 31.7 Å². The summed E-state index contributed by atoms with van der Waals surface area (Å²) < 4.78 is 10.5. The van der Waals surface area contributed by atoms with Gasteiger partial charge in [-0.3, -0.25) is 9.69 Å². The number of piperidine rings is 1. The van der Waals surface area contributed by atoms with Crippen molar-refractivity contribution in [3.8, 4) is 0 Å². The Morgan fingerprint density at radius 3 is 2.83 bits per heavy atom. The molecule has 6 heteroatoms. The van der Waals surface area contributed by atoms with Gasteiger partial charge < -0.3 is 19.9 Å². The third kappa shape index (κ3) is 4.27. The monoisotopic (exact) mass is 332 g/mol. The van der Waals surface area contributed by atoms with Gasteiger partial charge in [-0.1, -0.05) is 30.3 Å². The number of amides is 1. The van der Waals surface area contributed by atoms with E-state index in [1.54, 1.807) is 0 Å². The number of hydrogen-bond acceptors (Lipinski definition) is 5. The van der Waals surface area contributed by atoms with Gasteiger partial charge in [-0.05, 0) is 18.5 Å². The molecule has 0 spiro atoms. The Balaban J connectivity index is 1.60. The highest BCUT2D eigenvalue weighted by Gasteiger charge is 2.31. The number of carbonyl (C=O) groups is 1. The molecule has 0 unspecified atom stereocenters. The summed E-state index contributed by atoms with van der Waals surface area (Å²) in [6.45, 7) is 3.38. The lowest BCUT2D eigenvalue weighted by molar-refractivity contribution is -0.124. The highest BCUT2D eigenvalue weighted by atomic mass is 16.6. The molecule has 0 radical (unpaired) electrons. The minimum absolute atomic E-state index is 0.0612. The van der Waals surface area contributed by atoms with Crippen LogP contribution in [0.4, 0.5) is 0 Å². The molecule has 1 fully saturated rings. The number of carbonyl (C=O) groups excluding carboxylic acids is 1. The molecule has 0 aliphatic carbocycles. The molecule has 1 aromatic carbocycles. The second-order valence-electron chi connectivity index (χ2n) is 6.23. The third-order valence-electron chi connectivity index (χ3n) is 4.51. The number of rotatable bonds is 5. The van der Waals surface area contributed by atoms with E-state index in [0.717, 1.165) is 19.5 Å². The van der Waals surface area contributed by atoms with Crippen LogP contribution in [0.1, 0.15) is 12.0 Å². The van der Waals surface area contributed by atoms with Crippen LogP contribution < -0.4 is 5.32 Å². The van der Waals surface area contributed by atoms with Gasteiger partial charge in [0.1, 0.15) is 19.5 Å². The van der Waals surface area contributed by atoms with Crippen molar-refractivity contribution >= 4 is 5.91 Å². The number of aliphatic hydroxyl groups is 1. The number of nitrogens with zero attached hydrogens (tertiary/aromatic N) is 1. The van der Waals surface area contributed by atoms with E-state index in [4.69, 9.17) is 9.47 Å². The molecule has 1 saturated heterocycles. The molecule has 2 aliphatic heterocycles. The van der Waals surface area contributed by atoms with Crippen LogP contribution in [0.5, 0.6) is 0 Å². The number of ether oxygens (including phenoxy) is 2. The Bertz CT molecular complexity index is 576. The first-order chi connectivity index (χ1) is 11.8. The van der Waals surface area contributed by atoms with Gasteiger partial charge in [0.05, 0.1) is 0 Å². The van der Waals surface area contributed by atoms with Gasteiger partial charge in [-0.2, -0.15) is 0 Å². The highest BCUT2D eigenvalue weighted by molar-refractivity contribution is 5.91. The predicted octanol–water partition coefficient (Wildman–Crippen LogP) is 0.874. The number of benzene rings is 1.